The number of hydrogen-bond acceptors (Lipinski definition) is 4. The van der Waals surface area contributed by atoms with Gasteiger partial charge in [0.25, 0.3) is 0 Å². The van der Waals surface area contributed by atoms with Crippen LogP contribution in [0.2, 0.25) is 0 Å². The molecule has 2 N–H and O–H groups in total. The van der Waals surface area contributed by atoms with E-state index in [9.17, 15) is 0 Å². The third-order valence-corrected chi connectivity index (χ3v) is 2.59. The average Bonchev–Trinajstić information content (AvgIpc) is 2.15. The van der Waals surface area contributed by atoms with Gasteiger partial charge in [0.2, 0.25) is 0 Å². The first kappa shape index (κ1) is 8.44. The highest BCUT2D eigenvalue weighted by Crippen LogP contribution is 2.16. The van der Waals surface area contributed by atoms with E-state index in [1.165, 1.54) is 26.2 Å². The molecule has 0 unspecified atom stereocenters. The molecule has 0 aromatic heterocycles. The third-order valence-electron chi connectivity index (χ3n) is 2.59. The number of hydrazine groups is 1. The molecule has 0 radical (unpaired) electrons. The summed E-state index contributed by atoms with van der Waals surface area (Å²) < 4.78 is 0. The Morgan fingerprint density at radius 3 is 1.00 bits per heavy atom. The Labute approximate surface area is 73.9 Å². The van der Waals surface area contributed by atoms with Gasteiger partial charge in [-0.15, -0.1) is 0 Å². The Morgan fingerprint density at radius 2 is 0.917 bits per heavy atom. The van der Waals surface area contributed by atoms with Gasteiger partial charge >= 0.3 is 0 Å². The summed E-state index contributed by atoms with van der Waals surface area (Å²) >= 11 is 0. The first-order chi connectivity index (χ1) is 5.97. The van der Waals surface area contributed by atoms with Crippen LogP contribution in [0.4, 0.5) is 0 Å². The molecule has 4 nitrogen and oxygen atoms in total. The Balaban J connectivity index is 0.0000000939. The molecule has 3 aliphatic heterocycles. The van der Waals surface area contributed by atoms with Crippen molar-refractivity contribution < 1.29 is 0 Å². The topological polar surface area (TPSA) is 30.5 Å². The predicted molar refractivity (Wildman–Crippen MR) is 48.9 cm³/mol. The van der Waals surface area contributed by atoms with E-state index in [1.807, 2.05) is 0 Å². The van der Waals surface area contributed by atoms with Crippen LogP contribution in [0.3, 0.4) is 0 Å². The second-order valence-electron chi connectivity index (χ2n) is 3.41. The van der Waals surface area contributed by atoms with Gasteiger partial charge in [0.15, 0.2) is 0 Å². The summed E-state index contributed by atoms with van der Waals surface area (Å²) in [6, 6.07) is 0. The standard InChI is InChI=1S/C4H8N2.C4H10N2/c1-2-6-4-3-5(1)6;1-2-6-4-3-5-1/h1-4H2;5-6H,1-4H2. The lowest BCUT2D eigenvalue weighted by Gasteiger charge is -2.52. The zero-order valence-corrected chi connectivity index (χ0v) is 7.55. The smallest absolute Gasteiger partial charge is 0.0275 e. The summed E-state index contributed by atoms with van der Waals surface area (Å²) in [6.07, 6.45) is 0. The number of nitrogens with zero attached hydrogens (tertiary/aromatic N) is 2. The minimum atomic E-state index is 1.14. The van der Waals surface area contributed by atoms with Crippen LogP contribution in [-0.2, 0) is 0 Å². The van der Waals surface area contributed by atoms with Crippen molar-refractivity contribution in [2.24, 2.45) is 0 Å². The molecule has 70 valence electrons. The van der Waals surface area contributed by atoms with Crippen molar-refractivity contribution in [1.82, 2.24) is 20.7 Å². The molecule has 3 fully saturated rings. The van der Waals surface area contributed by atoms with Crippen molar-refractivity contribution in [2.75, 3.05) is 52.4 Å². The molecule has 3 aliphatic rings. The van der Waals surface area contributed by atoms with Crippen molar-refractivity contribution in [3.05, 3.63) is 0 Å². The lowest BCUT2D eigenvalue weighted by Crippen LogP contribution is -2.68. The number of hydrogen-bond donors (Lipinski definition) is 2. The summed E-state index contributed by atoms with van der Waals surface area (Å²) in [6.45, 7) is 9.83. The first-order valence-corrected chi connectivity index (χ1v) is 4.88. The van der Waals surface area contributed by atoms with E-state index in [1.54, 1.807) is 0 Å². The van der Waals surface area contributed by atoms with Gasteiger partial charge in [-0.1, -0.05) is 0 Å². The molecule has 0 atom stereocenters. The summed E-state index contributed by atoms with van der Waals surface area (Å²) in [5, 5.41) is 11.2. The van der Waals surface area contributed by atoms with Crippen LogP contribution in [0, 0.1) is 0 Å². The molecule has 4 heteroatoms. The zero-order chi connectivity index (χ0) is 8.23. The maximum Gasteiger partial charge on any atom is 0.0275 e. The Bertz CT molecular complexity index is 106. The highest BCUT2D eigenvalue weighted by atomic mass is 15.7. The minimum absolute atomic E-state index is 1.14. The monoisotopic (exact) mass is 170 g/mol. The summed E-state index contributed by atoms with van der Waals surface area (Å²) in [5.41, 5.74) is 0. The van der Waals surface area contributed by atoms with E-state index in [-0.39, 0.29) is 0 Å². The Hall–Kier alpha value is -0.160. The third kappa shape index (κ3) is 1.95. The molecular formula is C8H18N4. The fourth-order valence-electron chi connectivity index (χ4n) is 1.59. The molecule has 3 rings (SSSR count). The van der Waals surface area contributed by atoms with Crippen molar-refractivity contribution in [1.29, 1.82) is 0 Å². The van der Waals surface area contributed by atoms with Gasteiger partial charge in [-0.2, -0.15) is 0 Å². The van der Waals surface area contributed by atoms with E-state index in [2.05, 4.69) is 20.7 Å². The molecule has 0 aliphatic carbocycles. The van der Waals surface area contributed by atoms with E-state index >= 15 is 0 Å². The van der Waals surface area contributed by atoms with Crippen molar-refractivity contribution in [3.8, 4) is 0 Å². The van der Waals surface area contributed by atoms with Crippen LogP contribution in [0.1, 0.15) is 0 Å². The molecule has 0 aromatic rings. The fraction of sp³-hybridized carbons (Fsp3) is 1.00. The van der Waals surface area contributed by atoms with Crippen molar-refractivity contribution in [3.63, 3.8) is 0 Å². The second-order valence-corrected chi connectivity index (χ2v) is 3.41. The molecule has 12 heavy (non-hydrogen) atoms. The van der Waals surface area contributed by atoms with E-state index in [4.69, 9.17) is 0 Å². The van der Waals surface area contributed by atoms with Crippen molar-refractivity contribution in [2.45, 2.75) is 0 Å². The normalized spacial score (nSPS) is 29.0. The Kier molecular flexibility index (Phi) is 2.94. The fourth-order valence-corrected chi connectivity index (χ4v) is 1.59. The van der Waals surface area contributed by atoms with Crippen LogP contribution in [0.5, 0.6) is 0 Å². The molecule has 0 aromatic carbocycles. The summed E-state index contributed by atoms with van der Waals surface area (Å²) in [4.78, 5) is 0. The SMILES string of the molecule is C1CN2CCN12.C1CNCCN1. The first-order valence-electron chi connectivity index (χ1n) is 4.88. The van der Waals surface area contributed by atoms with Gasteiger partial charge in [0, 0.05) is 52.4 Å². The molecule has 0 bridgehead atoms. The van der Waals surface area contributed by atoms with Gasteiger partial charge in [-0.3, -0.25) is 0 Å². The predicted octanol–water partition coefficient (Wildman–Crippen LogP) is -1.29. The van der Waals surface area contributed by atoms with E-state index in [0.29, 0.717) is 0 Å². The largest absolute Gasteiger partial charge is 0.314 e. The second kappa shape index (κ2) is 4.18. The number of fused-ring (bicyclic) bond motifs is 1. The number of piperazine rings is 2. The van der Waals surface area contributed by atoms with Gasteiger partial charge in [0.05, 0.1) is 0 Å². The average molecular weight is 170 g/mol. The van der Waals surface area contributed by atoms with Crippen LogP contribution in [-0.4, -0.2) is 62.4 Å². The highest BCUT2D eigenvalue weighted by Gasteiger charge is 2.32. The molecular weight excluding hydrogens is 152 g/mol. The minimum Gasteiger partial charge on any atom is -0.314 e. The Morgan fingerprint density at radius 1 is 0.583 bits per heavy atom. The summed E-state index contributed by atoms with van der Waals surface area (Å²) in [7, 11) is 0. The van der Waals surface area contributed by atoms with Crippen LogP contribution < -0.4 is 10.6 Å². The van der Waals surface area contributed by atoms with Gasteiger partial charge in [-0.25, -0.2) is 10.0 Å². The molecule has 3 heterocycles. The van der Waals surface area contributed by atoms with Crippen molar-refractivity contribution >= 4 is 0 Å². The lowest BCUT2D eigenvalue weighted by atomic mass is 10.3. The molecule has 0 saturated carbocycles. The number of rotatable bonds is 0. The molecule has 0 spiro atoms. The van der Waals surface area contributed by atoms with Crippen LogP contribution >= 0.6 is 0 Å². The van der Waals surface area contributed by atoms with Crippen LogP contribution in [0.15, 0.2) is 0 Å². The zero-order valence-electron chi connectivity index (χ0n) is 7.55. The quantitative estimate of drug-likeness (QED) is 0.474. The highest BCUT2D eigenvalue weighted by molar-refractivity contribution is 4.79. The summed E-state index contributed by atoms with van der Waals surface area (Å²) in [5.74, 6) is 0. The maximum absolute atomic E-state index is 3.22. The maximum atomic E-state index is 3.22. The van der Waals surface area contributed by atoms with E-state index in [0.717, 1.165) is 26.2 Å². The molecule has 3 saturated heterocycles. The van der Waals surface area contributed by atoms with Gasteiger partial charge in [-0.05, 0) is 0 Å². The van der Waals surface area contributed by atoms with Gasteiger partial charge in [0.1, 0.15) is 0 Å². The molecule has 0 amide bonds. The number of nitrogens with one attached hydrogen (secondary N) is 2. The van der Waals surface area contributed by atoms with Crippen LogP contribution in [0.25, 0.3) is 0 Å². The lowest BCUT2D eigenvalue weighted by molar-refractivity contribution is -0.189. The van der Waals surface area contributed by atoms with Gasteiger partial charge < -0.3 is 10.6 Å². The van der Waals surface area contributed by atoms with E-state index < -0.39 is 0 Å².